The van der Waals surface area contributed by atoms with Gasteiger partial charge in [0.1, 0.15) is 0 Å². The quantitative estimate of drug-likeness (QED) is 0.330. The fraction of sp³-hybridized carbons (Fsp3) is 0.480. The molecular formula is C25H28ClF3N2O7S2. The van der Waals surface area contributed by atoms with Crippen LogP contribution in [0.3, 0.4) is 0 Å². The lowest BCUT2D eigenvalue weighted by molar-refractivity contribution is -0.142. The van der Waals surface area contributed by atoms with Crippen molar-refractivity contribution in [2.75, 3.05) is 18.1 Å². The molecule has 2 fully saturated rings. The van der Waals surface area contributed by atoms with Gasteiger partial charge >= 0.3 is 0 Å². The fourth-order valence-corrected chi connectivity index (χ4v) is 8.84. The minimum Gasteiger partial charge on any atom is -0.389 e. The molecule has 40 heavy (non-hydrogen) atoms. The Morgan fingerprint density at radius 1 is 1.10 bits per heavy atom. The van der Waals surface area contributed by atoms with Gasteiger partial charge < -0.3 is 15.5 Å². The van der Waals surface area contributed by atoms with E-state index in [4.69, 9.17) is 11.6 Å². The van der Waals surface area contributed by atoms with Crippen LogP contribution in [-0.4, -0.2) is 62.7 Å². The molecule has 220 valence electrons. The fourth-order valence-electron chi connectivity index (χ4n) is 6.00. The van der Waals surface area contributed by atoms with Gasteiger partial charge in [-0.25, -0.2) is 34.7 Å². The van der Waals surface area contributed by atoms with Crippen LogP contribution in [0, 0.1) is 35.2 Å². The number of halogens is 4. The molecule has 3 unspecified atom stereocenters. The number of rotatable bonds is 8. The molecule has 4 N–H and O–H groups in total. The zero-order valence-electron chi connectivity index (χ0n) is 21.4. The lowest BCUT2D eigenvalue weighted by atomic mass is 9.70. The van der Waals surface area contributed by atoms with Crippen LogP contribution in [0.2, 0.25) is 5.02 Å². The second-order valence-electron chi connectivity index (χ2n) is 10.5. The van der Waals surface area contributed by atoms with Gasteiger partial charge in [0.05, 0.1) is 33.1 Å². The maximum absolute atomic E-state index is 13.7. The smallest absolute Gasteiger partial charge is 0.255 e. The first-order valence-electron chi connectivity index (χ1n) is 12.3. The SMILES string of the molecule is C[C@H]1CC2C[C@@H](S(=O)(=O)c3cc(C(=O)Nc4cc(F)c(F)c(F)c4)ccc3Cl)CC1[C@@]2(O)C(O)CNS(C)(=O)=O. The highest BCUT2D eigenvalue weighted by molar-refractivity contribution is 7.92. The van der Waals surface area contributed by atoms with Crippen molar-refractivity contribution in [2.45, 2.75) is 48.0 Å². The monoisotopic (exact) mass is 624 g/mol. The van der Waals surface area contributed by atoms with Gasteiger partial charge in [0.15, 0.2) is 27.3 Å². The minimum absolute atomic E-state index is 0.0451. The van der Waals surface area contributed by atoms with Gasteiger partial charge in [-0.1, -0.05) is 18.5 Å². The summed E-state index contributed by atoms with van der Waals surface area (Å²) < 4.78 is 92.9. The third kappa shape index (κ3) is 5.74. The van der Waals surface area contributed by atoms with Gasteiger partial charge in [-0.2, -0.15) is 0 Å². The van der Waals surface area contributed by atoms with E-state index in [0.29, 0.717) is 18.6 Å². The summed E-state index contributed by atoms with van der Waals surface area (Å²) in [6, 6.07) is 4.57. The Morgan fingerprint density at radius 3 is 2.30 bits per heavy atom. The average Bonchev–Trinajstić information content (AvgIpc) is 2.98. The first kappa shape index (κ1) is 30.7. The van der Waals surface area contributed by atoms with E-state index in [0.717, 1.165) is 12.3 Å². The normalized spacial score (nSPS) is 27.4. The molecule has 2 aromatic rings. The number of carbonyl (C=O) groups is 1. The standard InChI is InChI=1S/C25H28ClF3N2O7S2/c1-12-5-14-7-16(10-17(12)25(14,34)22(32)11-30-39(2,35)36)40(37,38)21-6-13(3-4-18(21)26)24(33)31-15-8-19(27)23(29)20(28)9-15/h3-4,6,8-9,12,14,16-17,22,30,32,34H,5,7,10-11H2,1-2H3,(H,31,33)/t12-,14?,16+,17?,22?,25+/m0/s1. The van der Waals surface area contributed by atoms with Crippen molar-refractivity contribution in [1.82, 2.24) is 4.72 Å². The van der Waals surface area contributed by atoms with Crippen LogP contribution >= 0.6 is 11.6 Å². The van der Waals surface area contributed by atoms with Crippen molar-refractivity contribution in [3.63, 3.8) is 0 Å². The number of benzene rings is 2. The molecule has 2 saturated carbocycles. The molecule has 0 heterocycles. The van der Waals surface area contributed by atoms with Crippen molar-refractivity contribution < 1.29 is 45.0 Å². The Balaban J connectivity index is 1.58. The highest BCUT2D eigenvalue weighted by Gasteiger charge is 2.61. The molecule has 15 heteroatoms. The molecule has 1 amide bonds. The molecule has 2 aliphatic rings. The van der Waals surface area contributed by atoms with Gasteiger partial charge in [-0.3, -0.25) is 4.79 Å². The van der Waals surface area contributed by atoms with Crippen LogP contribution in [0.25, 0.3) is 0 Å². The van der Waals surface area contributed by atoms with E-state index in [1.807, 2.05) is 6.92 Å². The predicted octanol–water partition coefficient (Wildman–Crippen LogP) is 2.86. The number of hydrogen-bond donors (Lipinski definition) is 4. The molecule has 0 aliphatic heterocycles. The molecule has 6 atom stereocenters. The van der Waals surface area contributed by atoms with Crippen LogP contribution in [-0.2, 0) is 19.9 Å². The number of carbonyl (C=O) groups excluding carboxylic acids is 1. The van der Waals surface area contributed by atoms with E-state index in [1.54, 1.807) is 0 Å². The topological polar surface area (TPSA) is 150 Å². The number of hydrogen-bond acceptors (Lipinski definition) is 7. The minimum atomic E-state index is -4.19. The highest BCUT2D eigenvalue weighted by atomic mass is 35.5. The summed E-state index contributed by atoms with van der Waals surface area (Å²) in [6.45, 7) is 1.39. The predicted molar refractivity (Wildman–Crippen MR) is 140 cm³/mol. The van der Waals surface area contributed by atoms with Crippen LogP contribution in [0.15, 0.2) is 35.2 Å². The van der Waals surface area contributed by atoms with E-state index < -0.39 is 78.6 Å². The van der Waals surface area contributed by atoms with E-state index in [2.05, 4.69) is 10.0 Å². The molecule has 2 aliphatic carbocycles. The Bertz CT molecular complexity index is 1530. The third-order valence-electron chi connectivity index (χ3n) is 7.91. The zero-order chi connectivity index (χ0) is 29.8. The van der Waals surface area contributed by atoms with E-state index in [1.165, 1.54) is 12.1 Å². The summed E-state index contributed by atoms with van der Waals surface area (Å²) in [5, 5.41) is 23.2. The lowest BCUT2D eigenvalue weighted by Crippen LogP contribution is -2.59. The van der Waals surface area contributed by atoms with Crippen LogP contribution in [0.5, 0.6) is 0 Å². The molecular weight excluding hydrogens is 597 g/mol. The molecule has 0 aromatic heterocycles. The maximum atomic E-state index is 13.7. The van der Waals surface area contributed by atoms with Crippen LogP contribution in [0.4, 0.5) is 18.9 Å². The van der Waals surface area contributed by atoms with Crippen molar-refractivity contribution >= 4 is 43.1 Å². The van der Waals surface area contributed by atoms with Gasteiger partial charge in [-0.05, 0) is 55.2 Å². The summed E-state index contributed by atoms with van der Waals surface area (Å²) in [5.74, 6) is -7.18. The Morgan fingerprint density at radius 2 is 1.73 bits per heavy atom. The van der Waals surface area contributed by atoms with Crippen molar-refractivity contribution in [1.29, 1.82) is 0 Å². The van der Waals surface area contributed by atoms with Crippen LogP contribution in [0.1, 0.15) is 36.5 Å². The van der Waals surface area contributed by atoms with Crippen molar-refractivity contribution in [3.05, 3.63) is 58.4 Å². The maximum Gasteiger partial charge on any atom is 0.255 e. The number of sulfone groups is 1. The number of fused-ring (bicyclic) bond motifs is 2. The molecule has 0 radical (unpaired) electrons. The summed E-state index contributed by atoms with van der Waals surface area (Å²) in [4.78, 5) is 12.4. The second-order valence-corrected chi connectivity index (χ2v) is 15.0. The number of amides is 1. The van der Waals surface area contributed by atoms with Gasteiger partial charge in [0, 0.05) is 29.9 Å². The Labute approximate surface area is 234 Å². The molecule has 9 nitrogen and oxygen atoms in total. The molecule has 2 bridgehead atoms. The number of aliphatic hydroxyl groups excluding tert-OH is 1. The van der Waals surface area contributed by atoms with Gasteiger partial charge in [0.2, 0.25) is 10.0 Å². The lowest BCUT2D eigenvalue weighted by Gasteiger charge is -2.45. The molecule has 4 rings (SSSR count). The van der Waals surface area contributed by atoms with Crippen molar-refractivity contribution in [2.24, 2.45) is 17.8 Å². The first-order chi connectivity index (χ1) is 18.4. The van der Waals surface area contributed by atoms with Crippen molar-refractivity contribution in [3.8, 4) is 0 Å². The number of sulfonamides is 1. The number of aliphatic hydroxyl groups is 2. The van der Waals surface area contributed by atoms with Crippen LogP contribution < -0.4 is 10.0 Å². The molecule has 2 aromatic carbocycles. The third-order valence-corrected chi connectivity index (χ3v) is 11.3. The van der Waals surface area contributed by atoms with Gasteiger partial charge in [-0.15, -0.1) is 0 Å². The largest absolute Gasteiger partial charge is 0.389 e. The number of nitrogens with one attached hydrogen (secondary N) is 2. The zero-order valence-corrected chi connectivity index (χ0v) is 23.8. The summed E-state index contributed by atoms with van der Waals surface area (Å²) in [6.07, 6.45) is -0.241. The Hall–Kier alpha value is -2.23. The summed E-state index contributed by atoms with van der Waals surface area (Å²) in [5.41, 5.74) is -2.30. The molecule has 0 saturated heterocycles. The van der Waals surface area contributed by atoms with Gasteiger partial charge in [0.25, 0.3) is 5.91 Å². The summed E-state index contributed by atoms with van der Waals surface area (Å²) >= 11 is 6.23. The van der Waals surface area contributed by atoms with E-state index in [9.17, 15) is 45.0 Å². The second kappa shape index (κ2) is 10.9. The average molecular weight is 625 g/mol. The first-order valence-corrected chi connectivity index (χ1v) is 16.1. The summed E-state index contributed by atoms with van der Waals surface area (Å²) in [7, 11) is -7.83. The number of anilines is 1. The highest BCUT2D eigenvalue weighted by Crippen LogP contribution is 2.56. The van der Waals surface area contributed by atoms with E-state index >= 15 is 0 Å². The van der Waals surface area contributed by atoms with E-state index in [-0.39, 0.29) is 39.9 Å². The Kier molecular flexibility index (Phi) is 8.35. The molecule has 0 spiro atoms.